The number of fused-ring (bicyclic) bond motifs is 1. The largest absolute Gasteiger partial charge is 0.473 e. The highest BCUT2D eigenvalue weighted by molar-refractivity contribution is 7.99. The van der Waals surface area contributed by atoms with Crippen molar-refractivity contribution < 1.29 is 9.53 Å². The molecule has 7 heteroatoms. The lowest BCUT2D eigenvalue weighted by molar-refractivity contribution is 0.0955. The highest BCUT2D eigenvalue weighted by Crippen LogP contribution is 2.27. The van der Waals surface area contributed by atoms with E-state index in [1.54, 1.807) is 30.1 Å². The number of aromatic amines is 1. The lowest BCUT2D eigenvalue weighted by atomic mass is 10.2. The third-order valence-corrected chi connectivity index (χ3v) is 6.56. The monoisotopic (exact) mass is 399 g/mol. The zero-order valence-corrected chi connectivity index (χ0v) is 16.4. The number of rotatable bonds is 7. The van der Waals surface area contributed by atoms with E-state index in [1.807, 2.05) is 30.1 Å². The predicted molar refractivity (Wildman–Crippen MR) is 112 cm³/mol. The summed E-state index contributed by atoms with van der Waals surface area (Å²) in [5, 5.41) is 4.19. The molecule has 1 aliphatic heterocycles. The highest BCUT2D eigenvalue weighted by atomic mass is 32.2. The summed E-state index contributed by atoms with van der Waals surface area (Å²) >= 11 is 3.62. The molecule has 0 saturated carbocycles. The van der Waals surface area contributed by atoms with Gasteiger partial charge in [-0.15, -0.1) is 11.8 Å². The lowest BCUT2D eigenvalue weighted by Gasteiger charge is -2.12. The molecule has 0 aliphatic carbocycles. The van der Waals surface area contributed by atoms with E-state index in [0.717, 1.165) is 29.2 Å². The summed E-state index contributed by atoms with van der Waals surface area (Å²) in [5.74, 6) is 3.36. The molecule has 1 unspecified atom stereocenters. The van der Waals surface area contributed by atoms with Crippen LogP contribution in [0, 0.1) is 0 Å². The molecule has 1 aromatic carbocycles. The van der Waals surface area contributed by atoms with E-state index in [1.165, 1.54) is 10.3 Å². The second-order valence-corrected chi connectivity index (χ2v) is 8.58. The van der Waals surface area contributed by atoms with Crippen molar-refractivity contribution in [3.05, 3.63) is 54.4 Å². The minimum atomic E-state index is -0.0948. The highest BCUT2D eigenvalue weighted by Gasteiger charge is 2.18. The van der Waals surface area contributed by atoms with Crippen molar-refractivity contribution in [3.63, 3.8) is 0 Å². The number of carbonyl (C=O) groups excluding carboxylic acids is 1. The van der Waals surface area contributed by atoms with Crippen LogP contribution < -0.4 is 10.1 Å². The van der Waals surface area contributed by atoms with Gasteiger partial charge in [-0.3, -0.25) is 4.79 Å². The van der Waals surface area contributed by atoms with Gasteiger partial charge in [0.1, 0.15) is 6.10 Å². The molecule has 2 aromatic heterocycles. The Kier molecular flexibility index (Phi) is 5.89. The Morgan fingerprint density at radius 3 is 3.19 bits per heavy atom. The van der Waals surface area contributed by atoms with Crippen LogP contribution in [-0.4, -0.2) is 45.8 Å². The number of nitrogens with one attached hydrogen (secondary N) is 2. The molecule has 2 N–H and O–H groups in total. The van der Waals surface area contributed by atoms with E-state index < -0.39 is 0 Å². The normalized spacial score (nSPS) is 16.5. The Morgan fingerprint density at radius 1 is 1.37 bits per heavy atom. The van der Waals surface area contributed by atoms with E-state index >= 15 is 0 Å². The van der Waals surface area contributed by atoms with Crippen molar-refractivity contribution in [2.24, 2.45) is 0 Å². The molecule has 1 aliphatic rings. The third-order valence-electron chi connectivity index (χ3n) is 4.37. The molecule has 1 fully saturated rings. The Morgan fingerprint density at radius 2 is 2.30 bits per heavy atom. The lowest BCUT2D eigenvalue weighted by Crippen LogP contribution is -2.26. The van der Waals surface area contributed by atoms with E-state index in [0.29, 0.717) is 18.0 Å². The van der Waals surface area contributed by atoms with Gasteiger partial charge in [0.15, 0.2) is 0 Å². The van der Waals surface area contributed by atoms with E-state index in [4.69, 9.17) is 4.74 Å². The average Bonchev–Trinajstić information content (AvgIpc) is 3.35. The zero-order valence-electron chi connectivity index (χ0n) is 14.8. The van der Waals surface area contributed by atoms with Gasteiger partial charge in [0.05, 0.1) is 0 Å². The maximum atomic E-state index is 12.4. The Labute approximate surface area is 166 Å². The number of para-hydroxylation sites is 1. The molecular formula is C20H21N3O2S2. The first kappa shape index (κ1) is 18.3. The van der Waals surface area contributed by atoms with Crippen LogP contribution in [0.1, 0.15) is 16.8 Å². The summed E-state index contributed by atoms with van der Waals surface area (Å²) in [4.78, 5) is 21.1. The minimum Gasteiger partial charge on any atom is -0.473 e. The number of H-pyrrole nitrogens is 1. The SMILES string of the molecule is O=C(NCCSc1c[nH]c2ccccc12)c1ccnc(OC2CCSC2)c1. The molecule has 3 heterocycles. The number of hydrogen-bond donors (Lipinski definition) is 2. The van der Waals surface area contributed by atoms with Gasteiger partial charge < -0.3 is 15.0 Å². The minimum absolute atomic E-state index is 0.0948. The Hall–Kier alpha value is -2.12. The first-order valence-electron chi connectivity index (χ1n) is 8.97. The van der Waals surface area contributed by atoms with Crippen LogP contribution in [0.25, 0.3) is 10.9 Å². The van der Waals surface area contributed by atoms with Crippen LogP contribution in [0.15, 0.2) is 53.7 Å². The van der Waals surface area contributed by atoms with Crippen molar-refractivity contribution in [1.82, 2.24) is 15.3 Å². The fourth-order valence-electron chi connectivity index (χ4n) is 2.98. The smallest absolute Gasteiger partial charge is 0.251 e. The standard InChI is InChI=1S/C20H21N3O2S2/c24-20(14-5-7-21-19(11-14)25-15-6-9-26-13-15)22-8-10-27-18-12-23-17-4-2-1-3-16(17)18/h1-5,7,11-12,15,23H,6,8-10,13H2,(H,22,24). The number of benzene rings is 1. The average molecular weight is 400 g/mol. The molecular weight excluding hydrogens is 378 g/mol. The summed E-state index contributed by atoms with van der Waals surface area (Å²) in [6.07, 6.45) is 4.89. The molecule has 27 heavy (non-hydrogen) atoms. The van der Waals surface area contributed by atoms with Gasteiger partial charge in [-0.25, -0.2) is 4.98 Å². The fraction of sp³-hybridized carbons (Fsp3) is 0.300. The summed E-state index contributed by atoms with van der Waals surface area (Å²) in [5.41, 5.74) is 1.72. The summed E-state index contributed by atoms with van der Waals surface area (Å²) in [6, 6.07) is 11.7. The van der Waals surface area contributed by atoms with Gasteiger partial charge in [-0.2, -0.15) is 11.8 Å². The third kappa shape index (κ3) is 4.59. The fourth-order valence-corrected chi connectivity index (χ4v) is 4.98. The van der Waals surface area contributed by atoms with Gasteiger partial charge >= 0.3 is 0 Å². The molecule has 0 bridgehead atoms. The molecule has 0 spiro atoms. The second-order valence-electron chi connectivity index (χ2n) is 6.29. The van der Waals surface area contributed by atoms with E-state index in [9.17, 15) is 4.79 Å². The quantitative estimate of drug-likeness (QED) is 0.465. The van der Waals surface area contributed by atoms with Crippen LogP contribution in [0.4, 0.5) is 0 Å². The molecule has 3 aromatic rings. The summed E-state index contributed by atoms with van der Waals surface area (Å²) in [7, 11) is 0. The number of carbonyl (C=O) groups is 1. The Balaban J connectivity index is 1.28. The van der Waals surface area contributed by atoms with Crippen molar-refractivity contribution in [1.29, 1.82) is 0 Å². The van der Waals surface area contributed by atoms with Crippen LogP contribution >= 0.6 is 23.5 Å². The number of hydrogen-bond acceptors (Lipinski definition) is 5. The number of thioether (sulfide) groups is 2. The van der Waals surface area contributed by atoms with Gasteiger partial charge in [0, 0.05) is 57.9 Å². The van der Waals surface area contributed by atoms with Gasteiger partial charge in [-0.05, 0) is 24.3 Å². The van der Waals surface area contributed by atoms with Crippen molar-refractivity contribution in [2.75, 3.05) is 23.8 Å². The van der Waals surface area contributed by atoms with Crippen LogP contribution in [0.2, 0.25) is 0 Å². The predicted octanol–water partition coefficient (Wildman–Crippen LogP) is 3.97. The zero-order chi connectivity index (χ0) is 18.5. The molecule has 4 rings (SSSR count). The van der Waals surface area contributed by atoms with Gasteiger partial charge in [-0.1, -0.05) is 18.2 Å². The molecule has 1 atom stereocenters. The van der Waals surface area contributed by atoms with Crippen LogP contribution in [0.3, 0.4) is 0 Å². The van der Waals surface area contributed by atoms with Gasteiger partial charge in [0.2, 0.25) is 5.88 Å². The molecule has 1 saturated heterocycles. The summed E-state index contributed by atoms with van der Waals surface area (Å²) < 4.78 is 5.86. The molecule has 140 valence electrons. The maximum Gasteiger partial charge on any atom is 0.251 e. The number of amides is 1. The number of pyridine rings is 1. The van der Waals surface area contributed by atoms with E-state index in [-0.39, 0.29) is 12.0 Å². The van der Waals surface area contributed by atoms with E-state index in [2.05, 4.69) is 27.4 Å². The van der Waals surface area contributed by atoms with Crippen LogP contribution in [-0.2, 0) is 0 Å². The topological polar surface area (TPSA) is 67.0 Å². The van der Waals surface area contributed by atoms with Crippen molar-refractivity contribution in [3.8, 4) is 5.88 Å². The maximum absolute atomic E-state index is 12.4. The van der Waals surface area contributed by atoms with Gasteiger partial charge in [0.25, 0.3) is 5.91 Å². The van der Waals surface area contributed by atoms with Crippen LogP contribution in [0.5, 0.6) is 5.88 Å². The van der Waals surface area contributed by atoms with Crippen molar-refractivity contribution >= 4 is 40.3 Å². The number of nitrogens with zero attached hydrogens (tertiary/aromatic N) is 1. The molecule has 1 amide bonds. The summed E-state index contributed by atoms with van der Waals surface area (Å²) in [6.45, 7) is 0.598. The number of aromatic nitrogens is 2. The second kappa shape index (κ2) is 8.71. The van der Waals surface area contributed by atoms with Crippen molar-refractivity contribution in [2.45, 2.75) is 17.4 Å². The molecule has 0 radical (unpaired) electrons. The first-order chi connectivity index (χ1) is 13.3. The first-order valence-corrected chi connectivity index (χ1v) is 11.1. The Bertz CT molecular complexity index is 922. The molecule has 5 nitrogen and oxygen atoms in total. The number of ether oxygens (including phenoxy) is 1.